The van der Waals surface area contributed by atoms with Crippen molar-refractivity contribution in [3.05, 3.63) is 64.2 Å². The van der Waals surface area contributed by atoms with Crippen LogP contribution in [-0.4, -0.2) is 22.0 Å². The molecule has 1 aliphatic heterocycles. The fraction of sp³-hybridized carbons (Fsp3) is 0.0556. The van der Waals surface area contributed by atoms with Gasteiger partial charge in [-0.05, 0) is 61.1 Å². The van der Waals surface area contributed by atoms with E-state index in [-0.39, 0.29) is 16.4 Å². The molecule has 3 rings (SSSR count). The van der Waals surface area contributed by atoms with E-state index in [1.807, 2.05) is 6.92 Å². The number of thiocarbonyl (C=S) groups is 1. The van der Waals surface area contributed by atoms with Crippen molar-refractivity contribution in [3.8, 4) is 5.75 Å². The molecule has 1 fully saturated rings. The SMILES string of the molecule is Cc1ccc(/C=C2/C(=O)NC(=S)N(c3ccc(Cl)cc3)C2=O)c(O)c1. The Morgan fingerprint density at radius 3 is 2.48 bits per heavy atom. The molecule has 0 radical (unpaired) electrons. The van der Waals surface area contributed by atoms with Gasteiger partial charge < -0.3 is 5.11 Å². The molecule has 7 heteroatoms. The summed E-state index contributed by atoms with van der Waals surface area (Å²) < 4.78 is 0. The van der Waals surface area contributed by atoms with Gasteiger partial charge in [-0.25, -0.2) is 0 Å². The zero-order valence-electron chi connectivity index (χ0n) is 13.1. The van der Waals surface area contributed by atoms with Crippen molar-refractivity contribution in [3.63, 3.8) is 0 Å². The number of hydrogen-bond donors (Lipinski definition) is 2. The van der Waals surface area contributed by atoms with Crippen molar-refractivity contribution in [2.75, 3.05) is 4.90 Å². The molecule has 0 unspecified atom stereocenters. The van der Waals surface area contributed by atoms with Gasteiger partial charge in [-0.15, -0.1) is 0 Å². The van der Waals surface area contributed by atoms with Crippen LogP contribution in [0, 0.1) is 6.92 Å². The Labute approximate surface area is 154 Å². The van der Waals surface area contributed by atoms with Crippen LogP contribution in [0.2, 0.25) is 5.02 Å². The van der Waals surface area contributed by atoms with Gasteiger partial charge in [0.2, 0.25) is 0 Å². The lowest BCUT2D eigenvalue weighted by molar-refractivity contribution is -0.122. The third-order valence-electron chi connectivity index (χ3n) is 3.67. The Balaban J connectivity index is 2.03. The maximum absolute atomic E-state index is 12.8. The number of amides is 2. The molecule has 1 saturated heterocycles. The Hall–Kier alpha value is -2.70. The number of nitrogens with zero attached hydrogens (tertiary/aromatic N) is 1. The Morgan fingerprint density at radius 1 is 1.16 bits per heavy atom. The van der Waals surface area contributed by atoms with Gasteiger partial charge in [-0.1, -0.05) is 23.7 Å². The minimum Gasteiger partial charge on any atom is -0.507 e. The van der Waals surface area contributed by atoms with Gasteiger partial charge in [-0.3, -0.25) is 19.8 Å². The first-order valence-electron chi connectivity index (χ1n) is 7.33. The summed E-state index contributed by atoms with van der Waals surface area (Å²) in [5.41, 5.74) is 1.59. The standard InChI is InChI=1S/C18H13ClN2O3S/c1-10-2-3-11(15(22)8-10)9-14-16(23)20-18(25)21(17(14)24)13-6-4-12(19)5-7-13/h2-9,22H,1H3,(H,20,23,25)/b14-9-. The summed E-state index contributed by atoms with van der Waals surface area (Å²) in [4.78, 5) is 26.2. The molecule has 0 bridgehead atoms. The van der Waals surface area contributed by atoms with Gasteiger partial charge in [0.25, 0.3) is 11.8 Å². The number of phenols is 1. The van der Waals surface area contributed by atoms with Crippen molar-refractivity contribution in [1.29, 1.82) is 0 Å². The topological polar surface area (TPSA) is 69.6 Å². The van der Waals surface area contributed by atoms with Crippen LogP contribution in [0.1, 0.15) is 11.1 Å². The second-order valence-corrected chi connectivity index (χ2v) is 6.32. The highest BCUT2D eigenvalue weighted by molar-refractivity contribution is 7.80. The van der Waals surface area contributed by atoms with Gasteiger partial charge in [0.15, 0.2) is 5.11 Å². The molecule has 126 valence electrons. The molecular formula is C18H13ClN2O3S. The number of carbonyl (C=O) groups excluding carboxylic acids is 2. The van der Waals surface area contributed by atoms with E-state index in [0.717, 1.165) is 5.56 Å². The molecule has 0 aliphatic carbocycles. The number of nitrogens with one attached hydrogen (secondary N) is 1. The van der Waals surface area contributed by atoms with Gasteiger partial charge in [-0.2, -0.15) is 0 Å². The third-order valence-corrected chi connectivity index (χ3v) is 4.21. The molecule has 0 atom stereocenters. The first kappa shape index (κ1) is 17.1. The Bertz CT molecular complexity index is 922. The number of aryl methyl sites for hydroxylation is 1. The molecule has 0 spiro atoms. The maximum atomic E-state index is 12.8. The fourth-order valence-corrected chi connectivity index (χ4v) is 2.82. The predicted octanol–water partition coefficient (Wildman–Crippen LogP) is 3.19. The quantitative estimate of drug-likeness (QED) is 0.482. The number of aromatic hydroxyl groups is 1. The number of rotatable bonds is 2. The smallest absolute Gasteiger partial charge is 0.270 e. The summed E-state index contributed by atoms with van der Waals surface area (Å²) in [7, 11) is 0. The molecule has 2 amide bonds. The van der Waals surface area contributed by atoms with Crippen LogP contribution in [0.25, 0.3) is 6.08 Å². The van der Waals surface area contributed by atoms with E-state index >= 15 is 0 Å². The molecule has 1 heterocycles. The van der Waals surface area contributed by atoms with Crippen molar-refractivity contribution in [2.24, 2.45) is 0 Å². The molecule has 0 aromatic heterocycles. The summed E-state index contributed by atoms with van der Waals surface area (Å²) in [6.45, 7) is 1.83. The number of halogens is 1. The second-order valence-electron chi connectivity index (χ2n) is 5.50. The van der Waals surface area contributed by atoms with Crippen molar-refractivity contribution in [2.45, 2.75) is 6.92 Å². The van der Waals surface area contributed by atoms with Crippen LogP contribution in [-0.2, 0) is 9.59 Å². The fourth-order valence-electron chi connectivity index (χ4n) is 2.41. The normalized spacial score (nSPS) is 16.3. The van der Waals surface area contributed by atoms with Crippen LogP contribution in [0.15, 0.2) is 48.0 Å². The summed E-state index contributed by atoms with van der Waals surface area (Å²) >= 11 is 11.0. The van der Waals surface area contributed by atoms with Crippen molar-refractivity contribution in [1.82, 2.24) is 5.32 Å². The van der Waals surface area contributed by atoms with E-state index in [9.17, 15) is 14.7 Å². The zero-order chi connectivity index (χ0) is 18.1. The lowest BCUT2D eigenvalue weighted by Gasteiger charge is -2.29. The lowest BCUT2D eigenvalue weighted by atomic mass is 10.0. The third kappa shape index (κ3) is 3.40. The van der Waals surface area contributed by atoms with Crippen molar-refractivity contribution < 1.29 is 14.7 Å². The predicted molar refractivity (Wildman–Crippen MR) is 100 cm³/mol. The number of hydrogen-bond acceptors (Lipinski definition) is 4. The summed E-state index contributed by atoms with van der Waals surface area (Å²) in [5, 5.41) is 13.0. The van der Waals surface area contributed by atoms with E-state index in [1.165, 1.54) is 11.0 Å². The van der Waals surface area contributed by atoms with Gasteiger partial charge in [0, 0.05) is 10.6 Å². The van der Waals surface area contributed by atoms with Crippen LogP contribution in [0.5, 0.6) is 5.75 Å². The Kier molecular flexibility index (Phi) is 4.57. The van der Waals surface area contributed by atoms with Crippen LogP contribution < -0.4 is 10.2 Å². The van der Waals surface area contributed by atoms with E-state index in [4.69, 9.17) is 23.8 Å². The molecule has 0 saturated carbocycles. The van der Waals surface area contributed by atoms with E-state index in [0.29, 0.717) is 16.3 Å². The average molecular weight is 373 g/mol. The van der Waals surface area contributed by atoms with E-state index in [1.54, 1.807) is 42.5 Å². The van der Waals surface area contributed by atoms with E-state index in [2.05, 4.69) is 5.32 Å². The highest BCUT2D eigenvalue weighted by atomic mass is 35.5. The number of benzene rings is 2. The minimum absolute atomic E-state index is 0.0115. The van der Waals surface area contributed by atoms with Crippen LogP contribution >= 0.6 is 23.8 Å². The largest absolute Gasteiger partial charge is 0.507 e. The minimum atomic E-state index is -0.611. The molecule has 2 aromatic carbocycles. The lowest BCUT2D eigenvalue weighted by Crippen LogP contribution is -2.54. The summed E-state index contributed by atoms with van der Waals surface area (Å²) in [6.07, 6.45) is 1.34. The molecule has 5 nitrogen and oxygen atoms in total. The maximum Gasteiger partial charge on any atom is 0.270 e. The number of anilines is 1. The molecule has 25 heavy (non-hydrogen) atoms. The van der Waals surface area contributed by atoms with Crippen LogP contribution in [0.3, 0.4) is 0 Å². The number of phenolic OH excluding ortho intramolecular Hbond substituents is 1. The highest BCUT2D eigenvalue weighted by Gasteiger charge is 2.34. The van der Waals surface area contributed by atoms with Crippen LogP contribution in [0.4, 0.5) is 5.69 Å². The van der Waals surface area contributed by atoms with Gasteiger partial charge >= 0.3 is 0 Å². The molecular weight excluding hydrogens is 360 g/mol. The Morgan fingerprint density at radius 2 is 1.84 bits per heavy atom. The monoisotopic (exact) mass is 372 g/mol. The molecule has 2 aromatic rings. The number of carbonyl (C=O) groups is 2. The first-order chi connectivity index (χ1) is 11.9. The van der Waals surface area contributed by atoms with Gasteiger partial charge in [0.1, 0.15) is 11.3 Å². The first-order valence-corrected chi connectivity index (χ1v) is 8.12. The average Bonchev–Trinajstić information content (AvgIpc) is 2.55. The van der Waals surface area contributed by atoms with Crippen molar-refractivity contribution >= 4 is 52.5 Å². The molecule has 2 N–H and O–H groups in total. The summed E-state index contributed by atoms with van der Waals surface area (Å²) in [5.74, 6) is -1.20. The highest BCUT2D eigenvalue weighted by Crippen LogP contribution is 2.26. The van der Waals surface area contributed by atoms with E-state index < -0.39 is 11.8 Å². The molecule has 1 aliphatic rings. The van der Waals surface area contributed by atoms with Gasteiger partial charge in [0.05, 0.1) is 5.69 Å². The zero-order valence-corrected chi connectivity index (χ0v) is 14.7. The second kappa shape index (κ2) is 6.66. The summed E-state index contributed by atoms with van der Waals surface area (Å²) in [6, 6.07) is 11.5.